The van der Waals surface area contributed by atoms with Crippen molar-refractivity contribution in [1.82, 2.24) is 10.8 Å². The number of hydrogen-bond donors (Lipinski definition) is 2. The first-order valence-electron chi connectivity index (χ1n) is 4.78. The molecular weight excluding hydrogens is 184 g/mol. The Labute approximate surface area is 83.1 Å². The van der Waals surface area contributed by atoms with Gasteiger partial charge in [0.15, 0.2) is 0 Å². The first-order valence-corrected chi connectivity index (χ1v) is 4.78. The molecule has 14 heavy (non-hydrogen) atoms. The lowest BCUT2D eigenvalue weighted by Gasteiger charge is -2.10. The Morgan fingerprint density at radius 2 is 2.43 bits per heavy atom. The van der Waals surface area contributed by atoms with E-state index >= 15 is 0 Å². The van der Waals surface area contributed by atoms with Gasteiger partial charge >= 0.3 is 0 Å². The van der Waals surface area contributed by atoms with Crippen LogP contribution in [-0.4, -0.2) is 25.0 Å². The minimum Gasteiger partial charge on any atom is -0.355 e. The fourth-order valence-electron chi connectivity index (χ4n) is 1.15. The van der Waals surface area contributed by atoms with Crippen molar-refractivity contribution in [3.05, 3.63) is 0 Å². The smallest absolute Gasteiger partial charge is 0.248 e. The van der Waals surface area contributed by atoms with E-state index in [1.165, 1.54) is 0 Å². The Bertz CT molecular complexity index is 228. The lowest BCUT2D eigenvalue weighted by molar-refractivity contribution is -0.138. The number of rotatable bonds is 4. The normalized spacial score (nSPS) is 21.1. The number of nitrogens with one attached hydrogen (secondary N) is 2. The predicted molar refractivity (Wildman–Crippen MR) is 50.0 cm³/mol. The average Bonchev–Trinajstić information content (AvgIpc) is 2.51. The Morgan fingerprint density at radius 3 is 2.93 bits per heavy atom. The zero-order valence-electron chi connectivity index (χ0n) is 8.50. The second-order valence-electron chi connectivity index (χ2n) is 3.88. The van der Waals surface area contributed by atoms with E-state index in [4.69, 9.17) is 4.84 Å². The summed E-state index contributed by atoms with van der Waals surface area (Å²) in [6.45, 7) is 4.88. The van der Waals surface area contributed by atoms with Crippen molar-refractivity contribution in [3.8, 4) is 0 Å². The van der Waals surface area contributed by atoms with E-state index in [1.807, 2.05) is 13.8 Å². The summed E-state index contributed by atoms with van der Waals surface area (Å²) < 4.78 is 0. The lowest BCUT2D eigenvalue weighted by Crippen LogP contribution is -2.32. The maximum Gasteiger partial charge on any atom is 0.248 e. The molecule has 0 saturated carbocycles. The first-order chi connectivity index (χ1) is 6.59. The molecule has 1 heterocycles. The Balaban J connectivity index is 2.18. The molecule has 0 bridgehead atoms. The van der Waals surface area contributed by atoms with Crippen LogP contribution >= 0.6 is 0 Å². The molecule has 1 rings (SSSR count). The van der Waals surface area contributed by atoms with Crippen molar-refractivity contribution in [1.29, 1.82) is 0 Å². The summed E-state index contributed by atoms with van der Waals surface area (Å²) in [6, 6.07) is 0. The molecule has 2 amide bonds. The van der Waals surface area contributed by atoms with Crippen LogP contribution in [0.2, 0.25) is 0 Å². The van der Waals surface area contributed by atoms with Gasteiger partial charge in [0, 0.05) is 13.0 Å². The van der Waals surface area contributed by atoms with E-state index in [0.717, 1.165) is 0 Å². The second-order valence-corrected chi connectivity index (χ2v) is 3.88. The van der Waals surface area contributed by atoms with Gasteiger partial charge in [-0.05, 0) is 5.92 Å². The van der Waals surface area contributed by atoms with E-state index in [0.29, 0.717) is 19.1 Å². The minimum atomic E-state index is -0.283. The summed E-state index contributed by atoms with van der Waals surface area (Å²) in [4.78, 5) is 27.1. The molecular formula is C9H16N2O3. The van der Waals surface area contributed by atoms with E-state index in [-0.39, 0.29) is 24.2 Å². The second kappa shape index (κ2) is 4.95. The highest BCUT2D eigenvalue weighted by atomic mass is 16.6. The van der Waals surface area contributed by atoms with Crippen LogP contribution in [0.5, 0.6) is 0 Å². The Morgan fingerprint density at radius 1 is 1.71 bits per heavy atom. The van der Waals surface area contributed by atoms with Crippen LogP contribution in [0.3, 0.4) is 0 Å². The maximum absolute atomic E-state index is 11.3. The van der Waals surface area contributed by atoms with Gasteiger partial charge in [-0.25, -0.2) is 5.48 Å². The fourth-order valence-corrected chi connectivity index (χ4v) is 1.15. The molecule has 1 atom stereocenters. The van der Waals surface area contributed by atoms with Crippen LogP contribution in [0.4, 0.5) is 0 Å². The van der Waals surface area contributed by atoms with Gasteiger partial charge in [-0.2, -0.15) is 0 Å². The van der Waals surface area contributed by atoms with E-state index in [2.05, 4.69) is 10.8 Å². The van der Waals surface area contributed by atoms with Crippen LogP contribution in [0.15, 0.2) is 0 Å². The van der Waals surface area contributed by atoms with Crippen LogP contribution in [0.25, 0.3) is 0 Å². The highest BCUT2D eigenvalue weighted by molar-refractivity contribution is 5.88. The number of hydrogen-bond acceptors (Lipinski definition) is 3. The van der Waals surface area contributed by atoms with Crippen LogP contribution in [-0.2, 0) is 14.4 Å². The fraction of sp³-hybridized carbons (Fsp3) is 0.778. The summed E-state index contributed by atoms with van der Waals surface area (Å²) in [7, 11) is 0. The molecule has 1 fully saturated rings. The monoisotopic (exact) mass is 200 g/mol. The van der Waals surface area contributed by atoms with Gasteiger partial charge < -0.3 is 5.32 Å². The SMILES string of the molecule is CC(C)CONC(=O)C1CNC(=O)C1. The average molecular weight is 200 g/mol. The molecule has 5 heteroatoms. The van der Waals surface area contributed by atoms with Crippen molar-refractivity contribution in [2.75, 3.05) is 13.2 Å². The number of carbonyl (C=O) groups excluding carboxylic acids is 2. The first kappa shape index (κ1) is 11.0. The summed E-state index contributed by atoms with van der Waals surface area (Å²) in [5.74, 6) is -0.202. The van der Waals surface area contributed by atoms with Crippen molar-refractivity contribution in [3.63, 3.8) is 0 Å². The summed E-state index contributed by atoms with van der Waals surface area (Å²) in [5, 5.41) is 2.59. The number of hydroxylamine groups is 1. The number of amides is 2. The molecule has 80 valence electrons. The zero-order chi connectivity index (χ0) is 10.6. The van der Waals surface area contributed by atoms with E-state index < -0.39 is 0 Å². The van der Waals surface area contributed by atoms with Gasteiger partial charge in [0.1, 0.15) is 0 Å². The Hall–Kier alpha value is -1.10. The topological polar surface area (TPSA) is 67.4 Å². The summed E-state index contributed by atoms with van der Waals surface area (Å²) in [5.41, 5.74) is 2.35. The summed E-state index contributed by atoms with van der Waals surface area (Å²) >= 11 is 0. The van der Waals surface area contributed by atoms with Crippen LogP contribution in [0.1, 0.15) is 20.3 Å². The van der Waals surface area contributed by atoms with Gasteiger partial charge in [0.2, 0.25) is 11.8 Å². The molecule has 0 spiro atoms. The number of carbonyl (C=O) groups is 2. The minimum absolute atomic E-state index is 0.0750. The molecule has 0 radical (unpaired) electrons. The molecule has 1 saturated heterocycles. The van der Waals surface area contributed by atoms with Gasteiger partial charge in [-0.1, -0.05) is 13.8 Å². The van der Waals surface area contributed by atoms with Crippen molar-refractivity contribution in [2.24, 2.45) is 11.8 Å². The predicted octanol–water partition coefficient (Wildman–Crippen LogP) is -0.174. The molecule has 5 nitrogen and oxygen atoms in total. The van der Waals surface area contributed by atoms with E-state index in [1.54, 1.807) is 0 Å². The van der Waals surface area contributed by atoms with Gasteiger partial charge in [0.25, 0.3) is 0 Å². The third-order valence-electron chi connectivity index (χ3n) is 1.94. The highest BCUT2D eigenvalue weighted by Crippen LogP contribution is 2.08. The largest absolute Gasteiger partial charge is 0.355 e. The maximum atomic E-state index is 11.3. The third-order valence-corrected chi connectivity index (χ3v) is 1.94. The van der Waals surface area contributed by atoms with Crippen molar-refractivity contribution < 1.29 is 14.4 Å². The Kier molecular flexibility index (Phi) is 3.88. The van der Waals surface area contributed by atoms with Crippen molar-refractivity contribution >= 4 is 11.8 Å². The van der Waals surface area contributed by atoms with Gasteiger partial charge in [-0.15, -0.1) is 0 Å². The third kappa shape index (κ3) is 3.33. The molecule has 0 aliphatic carbocycles. The molecule has 0 aromatic rings. The summed E-state index contributed by atoms with van der Waals surface area (Å²) in [6.07, 6.45) is 0.261. The van der Waals surface area contributed by atoms with E-state index in [9.17, 15) is 9.59 Å². The molecule has 1 aliphatic heterocycles. The quantitative estimate of drug-likeness (QED) is 0.619. The van der Waals surface area contributed by atoms with Gasteiger partial charge in [-0.3, -0.25) is 14.4 Å². The molecule has 2 N–H and O–H groups in total. The van der Waals surface area contributed by atoms with Gasteiger partial charge in [0.05, 0.1) is 12.5 Å². The lowest BCUT2D eigenvalue weighted by atomic mass is 10.1. The van der Waals surface area contributed by atoms with Crippen molar-refractivity contribution in [2.45, 2.75) is 20.3 Å². The zero-order valence-corrected chi connectivity index (χ0v) is 8.50. The molecule has 1 aliphatic rings. The molecule has 0 aromatic carbocycles. The molecule has 0 aromatic heterocycles. The standard InChI is InChI=1S/C9H16N2O3/c1-6(2)5-14-11-9(13)7-3-8(12)10-4-7/h6-7H,3-5H2,1-2H3,(H,10,12)(H,11,13). The highest BCUT2D eigenvalue weighted by Gasteiger charge is 2.27. The van der Waals surface area contributed by atoms with Crippen LogP contribution in [0, 0.1) is 11.8 Å². The van der Waals surface area contributed by atoms with Crippen LogP contribution < -0.4 is 10.8 Å². The molecule has 1 unspecified atom stereocenters.